The number of anilines is 1. The van der Waals surface area contributed by atoms with Gasteiger partial charge >= 0.3 is 0 Å². The lowest BCUT2D eigenvalue weighted by molar-refractivity contribution is 0.243. The van der Waals surface area contributed by atoms with Crippen molar-refractivity contribution in [1.82, 2.24) is 9.78 Å². The molecule has 0 bridgehead atoms. The lowest BCUT2D eigenvalue weighted by Gasteiger charge is -2.12. The Balaban J connectivity index is 2.44. The summed E-state index contributed by atoms with van der Waals surface area (Å²) in [6.45, 7) is 4.01. The molecule has 0 radical (unpaired) electrons. The Kier molecular flexibility index (Phi) is 3.04. The molecule has 0 saturated carbocycles. The van der Waals surface area contributed by atoms with Crippen molar-refractivity contribution >= 4 is 5.82 Å². The largest absolute Gasteiger partial charge is 0.490 e. The van der Waals surface area contributed by atoms with Gasteiger partial charge in [0, 0.05) is 18.7 Å². The highest BCUT2D eigenvalue weighted by molar-refractivity contribution is 5.69. The number of nitrogens with two attached hydrogens (primary N) is 1. The Hall–Kier alpha value is -1.97. The monoisotopic (exact) mass is 231 g/mol. The summed E-state index contributed by atoms with van der Waals surface area (Å²) in [7, 11) is 1.82. The number of aromatic nitrogens is 2. The third-order valence-corrected chi connectivity index (χ3v) is 2.44. The van der Waals surface area contributed by atoms with E-state index in [-0.39, 0.29) is 6.10 Å². The smallest absolute Gasteiger partial charge is 0.129 e. The van der Waals surface area contributed by atoms with E-state index in [2.05, 4.69) is 5.10 Å². The zero-order valence-electron chi connectivity index (χ0n) is 10.3. The van der Waals surface area contributed by atoms with Gasteiger partial charge in [-0.05, 0) is 26.0 Å². The van der Waals surface area contributed by atoms with Gasteiger partial charge in [0.1, 0.15) is 11.6 Å². The zero-order chi connectivity index (χ0) is 12.4. The Bertz CT molecular complexity index is 498. The molecule has 0 atom stereocenters. The number of hydrogen-bond acceptors (Lipinski definition) is 3. The second-order valence-corrected chi connectivity index (χ2v) is 4.24. The summed E-state index contributed by atoms with van der Waals surface area (Å²) in [4.78, 5) is 0. The standard InChI is InChI=1S/C13H17N3O/c1-9(2)17-12-7-5-4-6-10(12)11-8-13(14)16(3)15-11/h4-9H,14H2,1-3H3. The first-order valence-electron chi connectivity index (χ1n) is 5.63. The van der Waals surface area contributed by atoms with Crippen LogP contribution in [-0.4, -0.2) is 15.9 Å². The molecule has 2 rings (SSSR count). The molecule has 2 N–H and O–H groups in total. The highest BCUT2D eigenvalue weighted by atomic mass is 16.5. The molecule has 1 aromatic heterocycles. The first-order valence-corrected chi connectivity index (χ1v) is 5.63. The summed E-state index contributed by atoms with van der Waals surface area (Å²) in [6, 6.07) is 9.70. The minimum absolute atomic E-state index is 0.136. The molecule has 0 aliphatic carbocycles. The van der Waals surface area contributed by atoms with E-state index >= 15 is 0 Å². The maximum absolute atomic E-state index is 5.79. The number of para-hydroxylation sites is 1. The average Bonchev–Trinajstić information content (AvgIpc) is 2.59. The molecule has 17 heavy (non-hydrogen) atoms. The second-order valence-electron chi connectivity index (χ2n) is 4.24. The fourth-order valence-corrected chi connectivity index (χ4v) is 1.65. The zero-order valence-corrected chi connectivity index (χ0v) is 10.3. The molecular weight excluding hydrogens is 214 g/mol. The predicted octanol–water partition coefficient (Wildman–Crippen LogP) is 2.46. The highest BCUT2D eigenvalue weighted by Crippen LogP contribution is 2.30. The van der Waals surface area contributed by atoms with Gasteiger partial charge in [-0.25, -0.2) is 0 Å². The molecule has 90 valence electrons. The van der Waals surface area contributed by atoms with Crippen LogP contribution in [0.2, 0.25) is 0 Å². The van der Waals surface area contributed by atoms with E-state index in [1.54, 1.807) is 4.68 Å². The molecule has 0 aliphatic rings. The third kappa shape index (κ3) is 2.41. The normalized spacial score (nSPS) is 10.8. The Morgan fingerprint density at radius 3 is 2.59 bits per heavy atom. The molecule has 0 spiro atoms. The van der Waals surface area contributed by atoms with E-state index in [0.717, 1.165) is 17.0 Å². The van der Waals surface area contributed by atoms with Gasteiger partial charge in [-0.1, -0.05) is 12.1 Å². The van der Waals surface area contributed by atoms with E-state index in [4.69, 9.17) is 10.5 Å². The van der Waals surface area contributed by atoms with Gasteiger partial charge in [-0.15, -0.1) is 0 Å². The number of ether oxygens (including phenoxy) is 1. The summed E-state index contributed by atoms with van der Waals surface area (Å²) >= 11 is 0. The summed E-state index contributed by atoms with van der Waals surface area (Å²) in [5.74, 6) is 1.47. The van der Waals surface area contributed by atoms with Gasteiger partial charge in [-0.2, -0.15) is 5.10 Å². The van der Waals surface area contributed by atoms with Gasteiger partial charge < -0.3 is 10.5 Å². The molecule has 1 aromatic carbocycles. The SMILES string of the molecule is CC(C)Oc1ccccc1-c1cc(N)n(C)n1. The number of benzene rings is 1. The topological polar surface area (TPSA) is 53.1 Å². The number of hydrogen-bond donors (Lipinski definition) is 1. The maximum Gasteiger partial charge on any atom is 0.129 e. The van der Waals surface area contributed by atoms with E-state index in [0.29, 0.717) is 5.82 Å². The van der Waals surface area contributed by atoms with Gasteiger partial charge in [0.25, 0.3) is 0 Å². The van der Waals surface area contributed by atoms with Crippen molar-refractivity contribution in [2.45, 2.75) is 20.0 Å². The van der Waals surface area contributed by atoms with Crippen LogP contribution in [0.4, 0.5) is 5.82 Å². The lowest BCUT2D eigenvalue weighted by Crippen LogP contribution is -2.06. The second kappa shape index (κ2) is 4.49. The summed E-state index contributed by atoms with van der Waals surface area (Å²) < 4.78 is 7.41. The molecule has 0 saturated heterocycles. The lowest BCUT2D eigenvalue weighted by atomic mass is 10.1. The Morgan fingerprint density at radius 2 is 2.00 bits per heavy atom. The first kappa shape index (κ1) is 11.5. The van der Waals surface area contributed by atoms with Crippen LogP contribution in [0.1, 0.15) is 13.8 Å². The van der Waals surface area contributed by atoms with Crippen molar-refractivity contribution in [3.05, 3.63) is 30.3 Å². The van der Waals surface area contributed by atoms with E-state index in [1.807, 2.05) is 51.2 Å². The molecule has 2 aromatic rings. The van der Waals surface area contributed by atoms with Crippen LogP contribution in [0.5, 0.6) is 5.75 Å². The van der Waals surface area contributed by atoms with Crippen LogP contribution in [0, 0.1) is 0 Å². The van der Waals surface area contributed by atoms with E-state index in [1.165, 1.54) is 0 Å². The van der Waals surface area contributed by atoms with Crippen LogP contribution in [0.25, 0.3) is 11.3 Å². The minimum Gasteiger partial charge on any atom is -0.490 e. The maximum atomic E-state index is 5.79. The van der Waals surface area contributed by atoms with Gasteiger partial charge in [-0.3, -0.25) is 4.68 Å². The molecule has 1 heterocycles. The molecule has 0 unspecified atom stereocenters. The van der Waals surface area contributed by atoms with Gasteiger partial charge in [0.15, 0.2) is 0 Å². The minimum atomic E-state index is 0.136. The number of rotatable bonds is 3. The number of aryl methyl sites for hydroxylation is 1. The van der Waals surface area contributed by atoms with Crippen molar-refractivity contribution < 1.29 is 4.74 Å². The van der Waals surface area contributed by atoms with Crippen LogP contribution in [0.3, 0.4) is 0 Å². The van der Waals surface area contributed by atoms with Gasteiger partial charge in [0.2, 0.25) is 0 Å². The number of nitrogens with zero attached hydrogens (tertiary/aromatic N) is 2. The number of nitrogen functional groups attached to an aromatic ring is 1. The highest BCUT2D eigenvalue weighted by Gasteiger charge is 2.11. The molecule has 0 amide bonds. The van der Waals surface area contributed by atoms with Crippen LogP contribution >= 0.6 is 0 Å². The van der Waals surface area contributed by atoms with Gasteiger partial charge in [0.05, 0.1) is 11.8 Å². The summed E-state index contributed by atoms with van der Waals surface area (Å²) in [5, 5.41) is 4.36. The third-order valence-electron chi connectivity index (χ3n) is 2.44. The molecular formula is C13H17N3O. The van der Waals surface area contributed by atoms with Crippen molar-refractivity contribution in [2.75, 3.05) is 5.73 Å². The average molecular weight is 231 g/mol. The van der Waals surface area contributed by atoms with Crippen molar-refractivity contribution in [3.8, 4) is 17.0 Å². The first-order chi connectivity index (χ1) is 8.08. The van der Waals surface area contributed by atoms with Crippen molar-refractivity contribution in [1.29, 1.82) is 0 Å². The fraction of sp³-hybridized carbons (Fsp3) is 0.308. The molecule has 4 heteroatoms. The molecule has 4 nitrogen and oxygen atoms in total. The fourth-order valence-electron chi connectivity index (χ4n) is 1.65. The van der Waals surface area contributed by atoms with Crippen LogP contribution in [0.15, 0.2) is 30.3 Å². The quantitative estimate of drug-likeness (QED) is 0.882. The van der Waals surface area contributed by atoms with Crippen LogP contribution in [-0.2, 0) is 7.05 Å². The van der Waals surface area contributed by atoms with Crippen molar-refractivity contribution in [3.63, 3.8) is 0 Å². The van der Waals surface area contributed by atoms with E-state index in [9.17, 15) is 0 Å². The van der Waals surface area contributed by atoms with E-state index < -0.39 is 0 Å². The van der Waals surface area contributed by atoms with Crippen molar-refractivity contribution in [2.24, 2.45) is 7.05 Å². The Morgan fingerprint density at radius 1 is 1.29 bits per heavy atom. The summed E-state index contributed by atoms with van der Waals surface area (Å²) in [6.07, 6.45) is 0.136. The molecule has 0 fully saturated rings. The van der Waals surface area contributed by atoms with Crippen LogP contribution < -0.4 is 10.5 Å². The Labute approximate surface area is 101 Å². The predicted molar refractivity (Wildman–Crippen MR) is 68.8 cm³/mol. The summed E-state index contributed by atoms with van der Waals surface area (Å²) in [5.41, 5.74) is 7.59. The molecule has 0 aliphatic heterocycles.